The monoisotopic (exact) mass is 332 g/mol. The van der Waals surface area contributed by atoms with Crippen LogP contribution >= 0.6 is 0 Å². The van der Waals surface area contributed by atoms with Gasteiger partial charge in [-0.2, -0.15) is 10.2 Å². The SMILES string of the molecule is O=Cc1nn(-c2ccccc2-c2cccc3[nH]ncc23)cc(O)c1=O. The van der Waals surface area contributed by atoms with Gasteiger partial charge in [0.1, 0.15) is 0 Å². The molecule has 0 radical (unpaired) electrons. The van der Waals surface area contributed by atoms with Gasteiger partial charge in [0.05, 0.1) is 23.6 Å². The molecule has 0 aliphatic heterocycles. The fourth-order valence-corrected chi connectivity index (χ4v) is 2.80. The first-order valence-electron chi connectivity index (χ1n) is 7.49. The number of hydrogen-bond acceptors (Lipinski definition) is 5. The van der Waals surface area contributed by atoms with Crippen molar-refractivity contribution in [2.75, 3.05) is 0 Å². The number of nitrogens with zero attached hydrogens (tertiary/aromatic N) is 3. The number of aldehydes is 1. The summed E-state index contributed by atoms with van der Waals surface area (Å²) in [6, 6.07) is 13.1. The van der Waals surface area contributed by atoms with E-state index in [1.54, 1.807) is 12.3 Å². The van der Waals surface area contributed by atoms with Crippen molar-refractivity contribution >= 4 is 17.2 Å². The second kappa shape index (κ2) is 5.72. The molecule has 4 rings (SSSR count). The van der Waals surface area contributed by atoms with E-state index in [2.05, 4.69) is 15.3 Å². The summed E-state index contributed by atoms with van der Waals surface area (Å²) < 4.78 is 1.33. The molecule has 4 aromatic rings. The number of aromatic amines is 1. The number of rotatable bonds is 3. The third-order valence-corrected chi connectivity index (χ3v) is 3.96. The minimum absolute atomic E-state index is 0.331. The first-order valence-corrected chi connectivity index (χ1v) is 7.49. The van der Waals surface area contributed by atoms with Crippen LogP contribution in [0.2, 0.25) is 0 Å². The van der Waals surface area contributed by atoms with Crippen molar-refractivity contribution in [2.24, 2.45) is 0 Å². The normalized spacial score (nSPS) is 10.9. The average molecular weight is 332 g/mol. The maximum Gasteiger partial charge on any atom is 0.252 e. The highest BCUT2D eigenvalue weighted by molar-refractivity contribution is 5.96. The maximum atomic E-state index is 11.7. The van der Waals surface area contributed by atoms with E-state index in [0.717, 1.165) is 22.0 Å². The molecule has 2 aromatic carbocycles. The van der Waals surface area contributed by atoms with Gasteiger partial charge in [0.15, 0.2) is 17.7 Å². The van der Waals surface area contributed by atoms with E-state index in [0.29, 0.717) is 12.0 Å². The molecule has 122 valence electrons. The molecule has 0 bridgehead atoms. The van der Waals surface area contributed by atoms with E-state index < -0.39 is 11.2 Å². The van der Waals surface area contributed by atoms with Crippen molar-refractivity contribution in [3.05, 3.63) is 70.8 Å². The van der Waals surface area contributed by atoms with Crippen molar-refractivity contribution in [3.63, 3.8) is 0 Å². The number of benzene rings is 2. The Hall–Kier alpha value is -3.74. The van der Waals surface area contributed by atoms with Crippen molar-refractivity contribution in [3.8, 4) is 22.6 Å². The number of para-hydroxylation sites is 1. The quantitative estimate of drug-likeness (QED) is 0.561. The first-order chi connectivity index (χ1) is 12.2. The predicted molar refractivity (Wildman–Crippen MR) is 92.0 cm³/mol. The Bertz CT molecular complexity index is 1160. The highest BCUT2D eigenvalue weighted by atomic mass is 16.3. The lowest BCUT2D eigenvalue weighted by atomic mass is 10.0. The van der Waals surface area contributed by atoms with Crippen LogP contribution in [0.1, 0.15) is 10.5 Å². The fraction of sp³-hybridized carbons (Fsp3) is 0. The summed E-state index contributed by atoms with van der Waals surface area (Å²) in [7, 11) is 0. The smallest absolute Gasteiger partial charge is 0.252 e. The van der Waals surface area contributed by atoms with Crippen molar-refractivity contribution in [1.29, 1.82) is 0 Å². The van der Waals surface area contributed by atoms with Crippen LogP contribution in [0.5, 0.6) is 5.75 Å². The molecule has 0 spiro atoms. The van der Waals surface area contributed by atoms with Crippen LogP contribution < -0.4 is 5.43 Å². The Balaban J connectivity index is 2.00. The summed E-state index contributed by atoms with van der Waals surface area (Å²) in [5, 5.41) is 21.8. The van der Waals surface area contributed by atoms with Crippen LogP contribution in [-0.4, -0.2) is 31.4 Å². The third kappa shape index (κ3) is 2.38. The average Bonchev–Trinajstić information content (AvgIpc) is 3.12. The molecule has 7 heteroatoms. The number of carbonyl (C=O) groups excluding carboxylic acids is 1. The van der Waals surface area contributed by atoms with Gasteiger partial charge in [-0.15, -0.1) is 0 Å². The number of carbonyl (C=O) groups is 1. The molecule has 0 unspecified atom stereocenters. The standard InChI is InChI=1S/C18H12N4O3/c23-10-15-18(25)17(24)9-22(21-15)16-7-2-1-4-12(16)11-5-3-6-14-13(11)8-19-20-14/h1-10,24H,(H,19,20). The van der Waals surface area contributed by atoms with E-state index in [1.807, 2.05) is 36.4 Å². The van der Waals surface area contributed by atoms with Gasteiger partial charge in [0, 0.05) is 10.9 Å². The fourth-order valence-electron chi connectivity index (χ4n) is 2.80. The molecule has 0 amide bonds. The number of aromatic nitrogens is 4. The zero-order valence-electron chi connectivity index (χ0n) is 12.9. The molecule has 2 N–H and O–H groups in total. The number of H-pyrrole nitrogens is 1. The molecule has 25 heavy (non-hydrogen) atoms. The van der Waals surface area contributed by atoms with Crippen molar-refractivity contribution < 1.29 is 9.90 Å². The van der Waals surface area contributed by atoms with Gasteiger partial charge >= 0.3 is 0 Å². The molecule has 2 aromatic heterocycles. The summed E-state index contributed by atoms with van der Waals surface area (Å²) in [5.74, 6) is -0.534. The van der Waals surface area contributed by atoms with Crippen molar-refractivity contribution in [1.82, 2.24) is 20.0 Å². The van der Waals surface area contributed by atoms with Crippen LogP contribution in [0.15, 0.2) is 59.7 Å². The molecular formula is C18H12N4O3. The summed E-state index contributed by atoms with van der Waals surface area (Å²) in [6.07, 6.45) is 3.26. The molecule has 0 fully saturated rings. The lowest BCUT2D eigenvalue weighted by Gasteiger charge is -2.13. The van der Waals surface area contributed by atoms with Gasteiger partial charge in [-0.25, -0.2) is 4.68 Å². The minimum atomic E-state index is -0.791. The minimum Gasteiger partial charge on any atom is -0.503 e. The number of aromatic hydroxyl groups is 1. The van der Waals surface area contributed by atoms with Crippen LogP contribution in [0, 0.1) is 0 Å². The summed E-state index contributed by atoms with van der Waals surface area (Å²) in [5.41, 5.74) is 2.10. The zero-order valence-corrected chi connectivity index (χ0v) is 12.9. The van der Waals surface area contributed by atoms with E-state index in [-0.39, 0.29) is 5.69 Å². The van der Waals surface area contributed by atoms with E-state index in [1.165, 1.54) is 10.9 Å². The largest absolute Gasteiger partial charge is 0.503 e. The highest BCUT2D eigenvalue weighted by Gasteiger charge is 2.14. The maximum absolute atomic E-state index is 11.7. The molecule has 2 heterocycles. The van der Waals surface area contributed by atoms with E-state index in [9.17, 15) is 14.7 Å². The first kappa shape index (κ1) is 14.8. The number of nitrogens with one attached hydrogen (secondary N) is 1. The van der Waals surface area contributed by atoms with E-state index in [4.69, 9.17) is 0 Å². The predicted octanol–water partition coefficient (Wildman–Crippen LogP) is 2.29. The van der Waals surface area contributed by atoms with Gasteiger partial charge in [0.2, 0.25) is 0 Å². The van der Waals surface area contributed by atoms with Crippen LogP contribution in [0.25, 0.3) is 27.7 Å². The second-order valence-corrected chi connectivity index (χ2v) is 5.45. The Kier molecular flexibility index (Phi) is 3.39. The number of fused-ring (bicyclic) bond motifs is 1. The van der Waals surface area contributed by atoms with Gasteiger partial charge in [-0.1, -0.05) is 30.3 Å². The second-order valence-electron chi connectivity index (χ2n) is 5.45. The van der Waals surface area contributed by atoms with E-state index >= 15 is 0 Å². The van der Waals surface area contributed by atoms with Crippen molar-refractivity contribution in [2.45, 2.75) is 0 Å². The highest BCUT2D eigenvalue weighted by Crippen LogP contribution is 2.31. The molecule has 0 aliphatic rings. The topological polar surface area (TPSA) is 101 Å². The molecule has 0 aliphatic carbocycles. The summed E-state index contributed by atoms with van der Waals surface area (Å²) >= 11 is 0. The zero-order chi connectivity index (χ0) is 17.4. The lowest BCUT2D eigenvalue weighted by molar-refractivity contribution is 0.111. The molecular weight excluding hydrogens is 320 g/mol. The van der Waals surface area contributed by atoms with Crippen LogP contribution in [0.3, 0.4) is 0 Å². The van der Waals surface area contributed by atoms with Crippen LogP contribution in [-0.2, 0) is 0 Å². The lowest BCUT2D eigenvalue weighted by Crippen LogP contribution is -2.16. The van der Waals surface area contributed by atoms with Gasteiger partial charge in [-0.3, -0.25) is 14.7 Å². The van der Waals surface area contributed by atoms with Crippen LogP contribution in [0.4, 0.5) is 0 Å². The third-order valence-electron chi connectivity index (χ3n) is 3.96. The molecule has 0 saturated heterocycles. The Morgan fingerprint density at radius 1 is 1.08 bits per heavy atom. The molecule has 7 nitrogen and oxygen atoms in total. The van der Waals surface area contributed by atoms with Gasteiger partial charge in [-0.05, 0) is 17.7 Å². The number of hydrogen-bond donors (Lipinski definition) is 2. The summed E-state index contributed by atoms with van der Waals surface area (Å²) in [6.45, 7) is 0. The summed E-state index contributed by atoms with van der Waals surface area (Å²) in [4.78, 5) is 22.8. The van der Waals surface area contributed by atoms with Gasteiger partial charge in [0.25, 0.3) is 5.43 Å². The Labute approximate surface area is 141 Å². The Morgan fingerprint density at radius 3 is 2.72 bits per heavy atom. The molecule has 0 atom stereocenters. The molecule has 0 saturated carbocycles. The van der Waals surface area contributed by atoms with Gasteiger partial charge < -0.3 is 5.11 Å². The Morgan fingerprint density at radius 2 is 1.88 bits per heavy atom.